The number of para-hydroxylation sites is 1. The Hall–Kier alpha value is -1.75. The van der Waals surface area contributed by atoms with E-state index in [1.54, 1.807) is 12.1 Å². The number of ether oxygens (including phenoxy) is 2. The Kier molecular flexibility index (Phi) is 2.93. The van der Waals surface area contributed by atoms with Gasteiger partial charge < -0.3 is 20.3 Å². The maximum Gasteiger partial charge on any atom is 0.339 e. The summed E-state index contributed by atoms with van der Waals surface area (Å²) in [5, 5.41) is 9.06. The fourth-order valence-corrected chi connectivity index (χ4v) is 1.51. The number of hydrogen-bond acceptors (Lipinski definition) is 4. The van der Waals surface area contributed by atoms with Gasteiger partial charge in [-0.05, 0) is 25.0 Å². The zero-order chi connectivity index (χ0) is 12.5. The highest BCUT2D eigenvalue weighted by atomic mass is 16.5. The van der Waals surface area contributed by atoms with E-state index in [1.165, 1.54) is 13.2 Å². The molecule has 1 aliphatic carbocycles. The van der Waals surface area contributed by atoms with E-state index in [0.717, 1.165) is 12.8 Å². The van der Waals surface area contributed by atoms with Gasteiger partial charge in [-0.25, -0.2) is 4.79 Å². The lowest BCUT2D eigenvalue weighted by Crippen LogP contribution is -2.30. The van der Waals surface area contributed by atoms with Crippen molar-refractivity contribution >= 4 is 5.97 Å². The van der Waals surface area contributed by atoms with Crippen LogP contribution in [0, 0.1) is 0 Å². The van der Waals surface area contributed by atoms with E-state index in [2.05, 4.69) is 0 Å². The van der Waals surface area contributed by atoms with Crippen molar-refractivity contribution in [3.8, 4) is 11.5 Å². The standard InChI is InChI=1S/C12H15NO4/c1-16-9-4-2-3-8(11(14)15)10(9)17-7-12(13)5-6-12/h2-4H,5-7,13H2,1H3,(H,14,15). The maximum atomic E-state index is 11.1. The average molecular weight is 237 g/mol. The molecule has 1 fully saturated rings. The highest BCUT2D eigenvalue weighted by molar-refractivity contribution is 5.92. The number of carboxylic acid groups (broad SMARTS) is 1. The molecule has 0 radical (unpaired) electrons. The SMILES string of the molecule is COc1cccc(C(=O)O)c1OCC1(N)CC1. The van der Waals surface area contributed by atoms with E-state index in [9.17, 15) is 4.79 Å². The third-order valence-electron chi connectivity index (χ3n) is 2.83. The maximum absolute atomic E-state index is 11.1. The molecule has 0 heterocycles. The van der Waals surface area contributed by atoms with E-state index in [4.69, 9.17) is 20.3 Å². The van der Waals surface area contributed by atoms with Gasteiger partial charge in [0.2, 0.25) is 0 Å². The number of carbonyl (C=O) groups is 1. The van der Waals surface area contributed by atoms with E-state index in [1.807, 2.05) is 0 Å². The second kappa shape index (κ2) is 4.25. The first-order valence-corrected chi connectivity index (χ1v) is 5.38. The summed E-state index contributed by atoms with van der Waals surface area (Å²) < 4.78 is 10.6. The Morgan fingerprint density at radius 3 is 2.76 bits per heavy atom. The molecular formula is C12H15NO4. The van der Waals surface area contributed by atoms with E-state index in [-0.39, 0.29) is 16.9 Å². The van der Waals surface area contributed by atoms with Crippen molar-refractivity contribution in [3.63, 3.8) is 0 Å². The number of hydrogen-bond donors (Lipinski definition) is 2. The molecule has 3 N–H and O–H groups in total. The van der Waals surface area contributed by atoms with Crippen LogP contribution in [0.4, 0.5) is 0 Å². The second-order valence-electron chi connectivity index (χ2n) is 4.29. The molecule has 0 aliphatic heterocycles. The molecule has 1 saturated carbocycles. The van der Waals surface area contributed by atoms with Crippen LogP contribution in [0.2, 0.25) is 0 Å². The lowest BCUT2D eigenvalue weighted by atomic mass is 10.2. The highest BCUT2D eigenvalue weighted by Crippen LogP contribution is 2.36. The molecule has 0 aromatic heterocycles. The Bertz CT molecular complexity index is 440. The first-order chi connectivity index (χ1) is 8.06. The number of aromatic carboxylic acids is 1. The third kappa shape index (κ3) is 2.50. The minimum Gasteiger partial charge on any atom is -0.493 e. The molecule has 0 amide bonds. The number of nitrogens with two attached hydrogens (primary N) is 1. The fraction of sp³-hybridized carbons (Fsp3) is 0.417. The lowest BCUT2D eigenvalue weighted by Gasteiger charge is -2.15. The van der Waals surface area contributed by atoms with Gasteiger partial charge in [0.15, 0.2) is 11.5 Å². The number of methoxy groups -OCH3 is 1. The molecule has 0 atom stereocenters. The summed E-state index contributed by atoms with van der Waals surface area (Å²) in [6, 6.07) is 4.76. The predicted octanol–water partition coefficient (Wildman–Crippen LogP) is 1.26. The van der Waals surface area contributed by atoms with Crippen molar-refractivity contribution in [3.05, 3.63) is 23.8 Å². The summed E-state index contributed by atoms with van der Waals surface area (Å²) in [6.45, 7) is 0.313. The Labute approximate surface area is 99.1 Å². The minimum absolute atomic E-state index is 0.0913. The minimum atomic E-state index is -1.04. The topological polar surface area (TPSA) is 81.8 Å². The zero-order valence-electron chi connectivity index (χ0n) is 9.60. The summed E-state index contributed by atoms with van der Waals surface area (Å²) in [5.41, 5.74) is 5.70. The molecule has 2 rings (SSSR count). The number of benzene rings is 1. The summed E-state index contributed by atoms with van der Waals surface area (Å²) in [5.74, 6) is -0.380. The molecule has 5 nitrogen and oxygen atoms in total. The van der Waals surface area contributed by atoms with Gasteiger partial charge in [-0.15, -0.1) is 0 Å². The van der Waals surface area contributed by atoms with Crippen LogP contribution < -0.4 is 15.2 Å². The van der Waals surface area contributed by atoms with Crippen LogP contribution in [-0.4, -0.2) is 30.3 Å². The summed E-state index contributed by atoms with van der Waals surface area (Å²) in [6.07, 6.45) is 1.81. The first-order valence-electron chi connectivity index (χ1n) is 5.38. The second-order valence-corrected chi connectivity index (χ2v) is 4.29. The van der Waals surface area contributed by atoms with E-state index in [0.29, 0.717) is 12.4 Å². The smallest absolute Gasteiger partial charge is 0.339 e. The fourth-order valence-electron chi connectivity index (χ4n) is 1.51. The molecule has 1 aliphatic rings. The van der Waals surface area contributed by atoms with Crippen LogP contribution in [0.15, 0.2) is 18.2 Å². The first kappa shape index (κ1) is 11.7. The molecule has 17 heavy (non-hydrogen) atoms. The van der Waals surface area contributed by atoms with Crippen LogP contribution in [0.3, 0.4) is 0 Å². The van der Waals surface area contributed by atoms with Crippen LogP contribution in [0.1, 0.15) is 23.2 Å². The van der Waals surface area contributed by atoms with Gasteiger partial charge in [-0.1, -0.05) is 6.07 Å². The molecule has 0 saturated heterocycles. The number of carboxylic acids is 1. The van der Waals surface area contributed by atoms with Crippen molar-refractivity contribution in [2.45, 2.75) is 18.4 Å². The third-order valence-corrected chi connectivity index (χ3v) is 2.83. The molecule has 0 unspecified atom stereocenters. The molecule has 0 bridgehead atoms. The predicted molar refractivity (Wildman–Crippen MR) is 61.6 cm³/mol. The summed E-state index contributed by atoms with van der Waals surface area (Å²) in [4.78, 5) is 11.1. The van der Waals surface area contributed by atoms with E-state index < -0.39 is 5.97 Å². The van der Waals surface area contributed by atoms with Crippen molar-refractivity contribution < 1.29 is 19.4 Å². The quantitative estimate of drug-likeness (QED) is 0.805. The average Bonchev–Trinajstić information content (AvgIpc) is 3.04. The van der Waals surface area contributed by atoms with Gasteiger partial charge in [-0.3, -0.25) is 0 Å². The Morgan fingerprint density at radius 2 is 2.24 bits per heavy atom. The molecule has 0 spiro atoms. The van der Waals surface area contributed by atoms with E-state index >= 15 is 0 Å². The van der Waals surface area contributed by atoms with Crippen LogP contribution >= 0.6 is 0 Å². The number of rotatable bonds is 5. The largest absolute Gasteiger partial charge is 0.493 e. The van der Waals surface area contributed by atoms with Crippen LogP contribution in [-0.2, 0) is 0 Å². The van der Waals surface area contributed by atoms with Gasteiger partial charge in [0.05, 0.1) is 12.6 Å². The molecular weight excluding hydrogens is 222 g/mol. The molecule has 5 heteroatoms. The Balaban J connectivity index is 2.24. The van der Waals surface area contributed by atoms with Crippen molar-refractivity contribution in [2.24, 2.45) is 5.73 Å². The zero-order valence-corrected chi connectivity index (χ0v) is 9.60. The normalized spacial score (nSPS) is 16.4. The summed E-state index contributed by atoms with van der Waals surface area (Å²) in [7, 11) is 1.48. The van der Waals surface area contributed by atoms with Gasteiger partial charge in [-0.2, -0.15) is 0 Å². The highest BCUT2D eigenvalue weighted by Gasteiger charge is 2.39. The lowest BCUT2D eigenvalue weighted by molar-refractivity contribution is 0.0690. The van der Waals surface area contributed by atoms with Crippen molar-refractivity contribution in [2.75, 3.05) is 13.7 Å². The summed E-state index contributed by atoms with van der Waals surface area (Å²) >= 11 is 0. The molecule has 92 valence electrons. The monoisotopic (exact) mass is 237 g/mol. The van der Waals surface area contributed by atoms with Gasteiger partial charge >= 0.3 is 5.97 Å². The Morgan fingerprint density at radius 1 is 1.53 bits per heavy atom. The van der Waals surface area contributed by atoms with Crippen molar-refractivity contribution in [1.29, 1.82) is 0 Å². The molecule has 1 aromatic carbocycles. The van der Waals surface area contributed by atoms with Gasteiger partial charge in [0, 0.05) is 0 Å². The van der Waals surface area contributed by atoms with Crippen LogP contribution in [0.25, 0.3) is 0 Å². The molecule has 1 aromatic rings. The van der Waals surface area contributed by atoms with Gasteiger partial charge in [0.25, 0.3) is 0 Å². The van der Waals surface area contributed by atoms with Gasteiger partial charge in [0.1, 0.15) is 12.2 Å². The van der Waals surface area contributed by atoms with Crippen LogP contribution in [0.5, 0.6) is 11.5 Å². The van der Waals surface area contributed by atoms with Crippen molar-refractivity contribution in [1.82, 2.24) is 0 Å².